The number of rotatable bonds is 9. The number of carbonyl (C=O) groups excluding carboxylic acids is 2. The van der Waals surface area contributed by atoms with Crippen LogP contribution in [0.25, 0.3) is 6.08 Å². The second-order valence-corrected chi connectivity index (χ2v) is 7.44. The van der Waals surface area contributed by atoms with E-state index in [1.54, 1.807) is 18.2 Å². The smallest absolute Gasteiger partial charge is 0.307 e. The summed E-state index contributed by atoms with van der Waals surface area (Å²) in [6.45, 7) is 2.49. The highest BCUT2D eigenvalue weighted by molar-refractivity contribution is 8.26. The van der Waals surface area contributed by atoms with Gasteiger partial charge in [-0.25, -0.2) is 0 Å². The van der Waals surface area contributed by atoms with Crippen LogP contribution in [0.15, 0.2) is 17.0 Å². The number of benzene rings is 1. The van der Waals surface area contributed by atoms with E-state index in [-0.39, 0.29) is 24.8 Å². The fourth-order valence-electron chi connectivity index (χ4n) is 2.52. The molecule has 1 aromatic carbocycles. The second kappa shape index (κ2) is 10.3. The number of amides is 1. The van der Waals surface area contributed by atoms with Gasteiger partial charge in [-0.2, -0.15) is 0 Å². The minimum atomic E-state index is -0.343. The van der Waals surface area contributed by atoms with Crippen molar-refractivity contribution in [3.8, 4) is 17.2 Å². The summed E-state index contributed by atoms with van der Waals surface area (Å²) in [5, 5.41) is 0. The Balaban J connectivity index is 2.18. The van der Waals surface area contributed by atoms with E-state index in [4.69, 9.17) is 31.2 Å². The van der Waals surface area contributed by atoms with Crippen molar-refractivity contribution in [2.75, 3.05) is 34.5 Å². The van der Waals surface area contributed by atoms with E-state index in [0.29, 0.717) is 38.6 Å². The quantitative estimate of drug-likeness (QED) is 0.339. The molecule has 9 heteroatoms. The number of hydrogen-bond acceptors (Lipinski definition) is 8. The van der Waals surface area contributed by atoms with Gasteiger partial charge in [0.1, 0.15) is 4.32 Å². The normalized spacial score (nSPS) is 15.1. The average Bonchev–Trinajstić information content (AvgIpc) is 2.96. The van der Waals surface area contributed by atoms with E-state index in [1.807, 2.05) is 6.92 Å². The maximum absolute atomic E-state index is 12.7. The number of carbonyl (C=O) groups is 2. The van der Waals surface area contributed by atoms with Crippen LogP contribution in [0.1, 0.15) is 25.3 Å². The highest BCUT2D eigenvalue weighted by Gasteiger charge is 2.32. The number of hydrogen-bond donors (Lipinski definition) is 0. The Hall–Kier alpha value is -2.26. The molecule has 0 unspecified atom stereocenters. The number of methoxy groups -OCH3 is 3. The van der Waals surface area contributed by atoms with Crippen molar-refractivity contribution in [2.45, 2.75) is 19.8 Å². The van der Waals surface area contributed by atoms with Crippen molar-refractivity contribution in [3.05, 3.63) is 22.6 Å². The van der Waals surface area contributed by atoms with Gasteiger partial charge in [0.25, 0.3) is 5.91 Å². The maximum Gasteiger partial charge on any atom is 0.307 e. The Morgan fingerprint density at radius 3 is 2.36 bits per heavy atom. The number of thiocarbonyl (C=S) groups is 1. The molecule has 28 heavy (non-hydrogen) atoms. The predicted octanol–water partition coefficient (Wildman–Crippen LogP) is 3.26. The molecule has 0 spiro atoms. The van der Waals surface area contributed by atoms with Gasteiger partial charge in [0.05, 0.1) is 39.3 Å². The van der Waals surface area contributed by atoms with Crippen molar-refractivity contribution in [2.24, 2.45) is 0 Å². The predicted molar refractivity (Wildman–Crippen MR) is 112 cm³/mol. The summed E-state index contributed by atoms with van der Waals surface area (Å²) in [6.07, 6.45) is 2.56. The fourth-order valence-corrected chi connectivity index (χ4v) is 3.83. The molecule has 1 fully saturated rings. The van der Waals surface area contributed by atoms with Crippen LogP contribution in [-0.4, -0.2) is 55.6 Å². The van der Waals surface area contributed by atoms with Gasteiger partial charge < -0.3 is 18.9 Å². The van der Waals surface area contributed by atoms with Gasteiger partial charge in [0.2, 0.25) is 5.75 Å². The second-order valence-electron chi connectivity index (χ2n) is 5.76. The summed E-state index contributed by atoms with van der Waals surface area (Å²) in [7, 11) is 4.58. The van der Waals surface area contributed by atoms with Crippen LogP contribution in [-0.2, 0) is 14.3 Å². The Morgan fingerprint density at radius 2 is 1.82 bits per heavy atom. The topological polar surface area (TPSA) is 74.3 Å². The largest absolute Gasteiger partial charge is 0.493 e. The first kappa shape index (κ1) is 22.0. The van der Waals surface area contributed by atoms with Crippen molar-refractivity contribution in [3.63, 3.8) is 0 Å². The lowest BCUT2D eigenvalue weighted by molar-refractivity contribution is -0.143. The summed E-state index contributed by atoms with van der Waals surface area (Å²) in [5.74, 6) is 0.862. The SMILES string of the molecule is CCCOC(=O)CCN1C(=O)/C(=C\c2cc(OC)c(OC)c(OC)c2)SC1=S. The van der Waals surface area contributed by atoms with Gasteiger partial charge in [-0.15, -0.1) is 0 Å². The standard InChI is InChI=1S/C19H23NO6S2/c1-5-8-26-16(21)6-7-20-18(22)15(28-19(20)27)11-12-9-13(23-2)17(25-4)14(10-12)24-3/h9-11H,5-8H2,1-4H3/b15-11+. The summed E-state index contributed by atoms with van der Waals surface area (Å²) < 4.78 is 21.4. The third-order valence-electron chi connectivity index (χ3n) is 3.87. The monoisotopic (exact) mass is 425 g/mol. The van der Waals surface area contributed by atoms with Crippen molar-refractivity contribution in [1.82, 2.24) is 4.90 Å². The molecule has 0 aliphatic carbocycles. The van der Waals surface area contributed by atoms with Gasteiger partial charge >= 0.3 is 5.97 Å². The Bertz CT molecular complexity index is 768. The summed E-state index contributed by atoms with van der Waals surface area (Å²) in [4.78, 5) is 26.2. The molecule has 152 valence electrons. The minimum absolute atomic E-state index is 0.101. The lowest BCUT2D eigenvalue weighted by atomic mass is 10.1. The minimum Gasteiger partial charge on any atom is -0.493 e. The first-order valence-electron chi connectivity index (χ1n) is 8.66. The fraction of sp³-hybridized carbons (Fsp3) is 0.421. The Morgan fingerprint density at radius 1 is 1.18 bits per heavy atom. The van der Waals surface area contributed by atoms with Crippen LogP contribution in [0, 0.1) is 0 Å². The van der Waals surface area contributed by atoms with E-state index in [0.717, 1.165) is 6.42 Å². The molecule has 1 aliphatic heterocycles. The van der Waals surface area contributed by atoms with Crippen LogP contribution in [0.5, 0.6) is 17.2 Å². The molecule has 1 amide bonds. The molecule has 0 saturated carbocycles. The van der Waals surface area contributed by atoms with Crippen molar-refractivity contribution >= 4 is 46.3 Å². The third-order valence-corrected chi connectivity index (χ3v) is 5.24. The summed E-state index contributed by atoms with van der Waals surface area (Å²) in [6, 6.07) is 3.49. The molecule has 0 radical (unpaired) electrons. The lowest BCUT2D eigenvalue weighted by Gasteiger charge is -2.14. The summed E-state index contributed by atoms with van der Waals surface area (Å²) >= 11 is 6.48. The molecule has 1 saturated heterocycles. The molecule has 0 atom stereocenters. The molecule has 0 aromatic heterocycles. The van der Waals surface area contributed by atoms with Gasteiger partial charge in [-0.05, 0) is 30.2 Å². The van der Waals surface area contributed by atoms with Crippen molar-refractivity contribution < 1.29 is 28.5 Å². The van der Waals surface area contributed by atoms with Crippen molar-refractivity contribution in [1.29, 1.82) is 0 Å². The van der Waals surface area contributed by atoms with Crippen LogP contribution in [0.3, 0.4) is 0 Å². The molecule has 0 bridgehead atoms. The van der Waals surface area contributed by atoms with Gasteiger partial charge in [-0.3, -0.25) is 14.5 Å². The zero-order chi connectivity index (χ0) is 20.7. The van der Waals surface area contributed by atoms with E-state index < -0.39 is 0 Å². The molecule has 7 nitrogen and oxygen atoms in total. The maximum atomic E-state index is 12.7. The van der Waals surface area contributed by atoms with E-state index >= 15 is 0 Å². The van der Waals surface area contributed by atoms with Crippen LogP contribution in [0.4, 0.5) is 0 Å². The highest BCUT2D eigenvalue weighted by atomic mass is 32.2. The van der Waals surface area contributed by atoms with E-state index in [1.165, 1.54) is 38.0 Å². The number of ether oxygens (including phenoxy) is 4. The molecule has 2 rings (SSSR count). The molecule has 1 aromatic rings. The van der Waals surface area contributed by atoms with Gasteiger partial charge in [0.15, 0.2) is 11.5 Å². The van der Waals surface area contributed by atoms with Crippen LogP contribution < -0.4 is 14.2 Å². The molecule has 0 N–H and O–H groups in total. The van der Waals surface area contributed by atoms with Gasteiger partial charge in [-0.1, -0.05) is 30.9 Å². The van der Waals surface area contributed by atoms with Crippen LogP contribution >= 0.6 is 24.0 Å². The van der Waals surface area contributed by atoms with E-state index in [9.17, 15) is 9.59 Å². The van der Waals surface area contributed by atoms with Gasteiger partial charge in [0, 0.05) is 6.54 Å². The third kappa shape index (κ3) is 5.17. The van der Waals surface area contributed by atoms with Crippen LogP contribution in [0.2, 0.25) is 0 Å². The average molecular weight is 426 g/mol. The first-order chi connectivity index (χ1) is 13.4. The zero-order valence-corrected chi connectivity index (χ0v) is 17.9. The zero-order valence-electron chi connectivity index (χ0n) is 16.3. The van der Waals surface area contributed by atoms with E-state index in [2.05, 4.69) is 0 Å². The molecular formula is C19H23NO6S2. The lowest BCUT2D eigenvalue weighted by Crippen LogP contribution is -2.30. The number of nitrogens with zero attached hydrogens (tertiary/aromatic N) is 1. The Kier molecular flexibility index (Phi) is 8.13. The highest BCUT2D eigenvalue weighted by Crippen LogP contribution is 2.40. The number of thioether (sulfide) groups is 1. The Labute approximate surface area is 173 Å². The molecule has 1 heterocycles. The first-order valence-corrected chi connectivity index (χ1v) is 9.88. The number of esters is 1. The molecule has 1 aliphatic rings. The summed E-state index contributed by atoms with van der Waals surface area (Å²) in [5.41, 5.74) is 0.706. The molecular weight excluding hydrogens is 402 g/mol.